The molecule has 0 aliphatic carbocycles. The van der Waals surface area contributed by atoms with Crippen LogP contribution < -0.4 is 0 Å². The summed E-state index contributed by atoms with van der Waals surface area (Å²) < 4.78 is 5.23. The normalized spacial score (nSPS) is 13.6. The fourth-order valence-corrected chi connectivity index (χ4v) is 2.77. The van der Waals surface area contributed by atoms with Crippen LogP contribution in [0.25, 0.3) is 0 Å². The fourth-order valence-electron chi connectivity index (χ4n) is 1.14. The molecule has 0 fully saturated rings. The lowest BCUT2D eigenvalue weighted by Gasteiger charge is -2.17. The van der Waals surface area contributed by atoms with Gasteiger partial charge in [-0.15, -0.1) is 11.3 Å². The topological polar surface area (TPSA) is 53.2 Å². The lowest BCUT2D eigenvalue weighted by Crippen LogP contribution is -2.05. The van der Waals surface area contributed by atoms with Gasteiger partial charge in [-0.25, -0.2) is 0 Å². The molecule has 0 amide bonds. The van der Waals surface area contributed by atoms with Crippen LogP contribution in [0, 0.1) is 17.2 Å². The van der Waals surface area contributed by atoms with Crippen molar-refractivity contribution in [2.75, 3.05) is 0 Å². The second kappa shape index (κ2) is 5.43. The fraction of sp³-hybridized carbons (Fsp3) is 0.444. The van der Waals surface area contributed by atoms with Gasteiger partial charge in [0.15, 0.2) is 9.03 Å². The lowest BCUT2D eigenvalue weighted by atomic mass is 10.1. The summed E-state index contributed by atoms with van der Waals surface area (Å²) in [6.07, 6.45) is -0.106. The van der Waals surface area contributed by atoms with Crippen molar-refractivity contribution in [3.05, 3.63) is 21.9 Å². The first-order valence-corrected chi connectivity index (χ1v) is 5.95. The second-order valence-electron chi connectivity index (χ2n) is 3.22. The molecule has 0 aliphatic heterocycles. The third-order valence-corrected chi connectivity index (χ3v) is 3.17. The Bertz CT molecular complexity index is 332. The molecular formula is C9H12NO2PS. The van der Waals surface area contributed by atoms with Crippen LogP contribution in [0.5, 0.6) is 0 Å². The van der Waals surface area contributed by atoms with Crippen LogP contribution in [0.4, 0.5) is 0 Å². The van der Waals surface area contributed by atoms with E-state index in [1.165, 1.54) is 11.3 Å². The van der Waals surface area contributed by atoms with Crippen LogP contribution in [0.2, 0.25) is 0 Å². The van der Waals surface area contributed by atoms with Crippen LogP contribution >= 0.6 is 20.4 Å². The second-order valence-corrected chi connectivity index (χ2v) is 4.58. The summed E-state index contributed by atoms with van der Waals surface area (Å²) in [7, 11) is -0.510. The number of rotatable bonds is 4. The van der Waals surface area contributed by atoms with E-state index in [1.807, 2.05) is 19.9 Å². The molecule has 0 bridgehead atoms. The van der Waals surface area contributed by atoms with Crippen molar-refractivity contribution in [1.82, 2.24) is 0 Å². The monoisotopic (exact) mass is 229 g/mol. The molecule has 0 saturated carbocycles. The average Bonchev–Trinajstić information content (AvgIpc) is 2.61. The Morgan fingerprint density at radius 1 is 1.64 bits per heavy atom. The number of nitrogens with zero attached hydrogens (tertiary/aromatic N) is 1. The van der Waals surface area contributed by atoms with Gasteiger partial charge in [-0.1, -0.05) is 13.8 Å². The van der Waals surface area contributed by atoms with Crippen LogP contribution in [-0.2, 0) is 4.52 Å². The van der Waals surface area contributed by atoms with Gasteiger partial charge >= 0.3 is 0 Å². The minimum Gasteiger partial charge on any atom is -0.352 e. The van der Waals surface area contributed by atoms with E-state index in [-0.39, 0.29) is 6.10 Å². The zero-order chi connectivity index (χ0) is 10.6. The van der Waals surface area contributed by atoms with Crippen LogP contribution in [-0.4, -0.2) is 4.89 Å². The molecule has 2 atom stereocenters. The SMILES string of the molecule is CC(C)C(OPO)c1cc(C#N)cs1. The molecule has 0 aromatic carbocycles. The minimum atomic E-state index is -0.510. The Kier molecular flexibility index (Phi) is 4.50. The van der Waals surface area contributed by atoms with Gasteiger partial charge in [0, 0.05) is 10.3 Å². The van der Waals surface area contributed by atoms with Gasteiger partial charge in [-0.05, 0) is 12.0 Å². The summed E-state index contributed by atoms with van der Waals surface area (Å²) in [5, 5.41) is 10.5. The summed E-state index contributed by atoms with van der Waals surface area (Å²) in [5.74, 6) is 0.292. The van der Waals surface area contributed by atoms with Gasteiger partial charge in [0.2, 0.25) is 0 Å². The van der Waals surface area contributed by atoms with Gasteiger partial charge < -0.3 is 9.42 Å². The Morgan fingerprint density at radius 3 is 2.79 bits per heavy atom. The quantitative estimate of drug-likeness (QED) is 0.807. The maximum atomic E-state index is 8.76. The van der Waals surface area contributed by atoms with E-state index >= 15 is 0 Å². The molecule has 1 heterocycles. The molecule has 14 heavy (non-hydrogen) atoms. The van der Waals surface area contributed by atoms with E-state index in [4.69, 9.17) is 14.7 Å². The van der Waals surface area contributed by atoms with Crippen molar-refractivity contribution >= 4 is 20.4 Å². The molecule has 0 saturated heterocycles. The highest BCUT2D eigenvalue weighted by Gasteiger charge is 2.18. The Balaban J connectivity index is 2.83. The van der Waals surface area contributed by atoms with Gasteiger partial charge in [0.1, 0.15) is 12.2 Å². The van der Waals surface area contributed by atoms with E-state index in [0.29, 0.717) is 11.5 Å². The highest BCUT2D eigenvalue weighted by molar-refractivity contribution is 7.25. The molecule has 76 valence electrons. The van der Waals surface area contributed by atoms with Gasteiger partial charge in [-0.3, -0.25) is 0 Å². The predicted molar refractivity (Wildman–Crippen MR) is 58.2 cm³/mol. The summed E-state index contributed by atoms with van der Waals surface area (Å²) in [5.41, 5.74) is 0.653. The molecule has 1 rings (SSSR count). The Labute approximate surface area is 89.3 Å². The highest BCUT2D eigenvalue weighted by atomic mass is 32.1. The maximum Gasteiger partial charge on any atom is 0.152 e. The zero-order valence-electron chi connectivity index (χ0n) is 8.02. The van der Waals surface area contributed by atoms with Crippen molar-refractivity contribution in [2.24, 2.45) is 5.92 Å². The standard InChI is InChI=1S/C9H12NO2PS/c1-6(2)9(12-13-11)8-3-7(4-10)5-14-8/h3,5-6,9,11,13H,1-2H3. The van der Waals surface area contributed by atoms with Crippen LogP contribution in [0.1, 0.15) is 30.4 Å². The molecule has 1 aromatic heterocycles. The molecule has 3 nitrogen and oxygen atoms in total. The van der Waals surface area contributed by atoms with E-state index in [0.717, 1.165) is 4.88 Å². The Morgan fingerprint density at radius 2 is 2.36 bits per heavy atom. The van der Waals surface area contributed by atoms with Crippen molar-refractivity contribution in [3.63, 3.8) is 0 Å². The van der Waals surface area contributed by atoms with Gasteiger partial charge in [0.25, 0.3) is 0 Å². The largest absolute Gasteiger partial charge is 0.352 e. The van der Waals surface area contributed by atoms with E-state index in [2.05, 4.69) is 6.07 Å². The van der Waals surface area contributed by atoms with Crippen LogP contribution in [0.15, 0.2) is 11.4 Å². The molecule has 2 unspecified atom stereocenters. The van der Waals surface area contributed by atoms with Crippen molar-refractivity contribution < 1.29 is 9.42 Å². The maximum absolute atomic E-state index is 8.76. The summed E-state index contributed by atoms with van der Waals surface area (Å²) in [4.78, 5) is 9.75. The van der Waals surface area contributed by atoms with Gasteiger partial charge in [-0.2, -0.15) is 5.26 Å². The number of hydrogen-bond acceptors (Lipinski definition) is 4. The average molecular weight is 229 g/mol. The van der Waals surface area contributed by atoms with Crippen molar-refractivity contribution in [1.29, 1.82) is 5.26 Å². The van der Waals surface area contributed by atoms with Crippen molar-refractivity contribution in [3.8, 4) is 6.07 Å². The lowest BCUT2D eigenvalue weighted by molar-refractivity contribution is 0.167. The van der Waals surface area contributed by atoms with Gasteiger partial charge in [0.05, 0.1) is 5.56 Å². The predicted octanol–water partition coefficient (Wildman–Crippen LogP) is 2.83. The third kappa shape index (κ3) is 2.76. The first kappa shape index (κ1) is 11.6. The smallest absolute Gasteiger partial charge is 0.152 e. The number of hydrogen-bond donors (Lipinski definition) is 1. The summed E-state index contributed by atoms with van der Waals surface area (Å²) in [6.45, 7) is 4.05. The first-order chi connectivity index (χ1) is 6.69. The van der Waals surface area contributed by atoms with Crippen molar-refractivity contribution in [2.45, 2.75) is 20.0 Å². The highest BCUT2D eigenvalue weighted by Crippen LogP contribution is 2.34. The summed E-state index contributed by atoms with van der Waals surface area (Å²) in [6, 6.07) is 3.89. The molecule has 0 aliphatic rings. The zero-order valence-corrected chi connectivity index (χ0v) is 9.84. The van der Waals surface area contributed by atoms with E-state index in [1.54, 1.807) is 5.38 Å². The molecule has 1 N–H and O–H groups in total. The molecule has 0 spiro atoms. The first-order valence-electron chi connectivity index (χ1n) is 4.22. The third-order valence-electron chi connectivity index (χ3n) is 1.81. The minimum absolute atomic E-state index is 0.106. The molecule has 0 radical (unpaired) electrons. The van der Waals surface area contributed by atoms with E-state index in [9.17, 15) is 0 Å². The molecule has 5 heteroatoms. The van der Waals surface area contributed by atoms with Crippen LogP contribution in [0.3, 0.4) is 0 Å². The molecular weight excluding hydrogens is 217 g/mol. The summed E-state index contributed by atoms with van der Waals surface area (Å²) >= 11 is 1.50. The number of thiophene rings is 1. The Hall–Kier alpha value is -0.460. The number of nitriles is 1. The van der Waals surface area contributed by atoms with E-state index < -0.39 is 9.03 Å². The molecule has 1 aromatic rings.